The molecule has 2 atom stereocenters. The van der Waals surface area contributed by atoms with Crippen LogP contribution in [0.4, 0.5) is 5.69 Å². The Morgan fingerprint density at radius 3 is 3.11 bits per heavy atom. The molecule has 1 aliphatic heterocycles. The van der Waals surface area contributed by atoms with Crippen molar-refractivity contribution in [3.8, 4) is 5.75 Å². The molecule has 0 amide bonds. The highest BCUT2D eigenvalue weighted by Crippen LogP contribution is 2.43. The Kier molecular flexibility index (Phi) is 2.93. The first-order chi connectivity index (χ1) is 9.20. The Bertz CT molecular complexity index is 551. The highest BCUT2D eigenvalue weighted by atomic mass is 16.5. The maximum atomic E-state index is 11.3. The normalized spacial score (nSPS) is 23.4. The molecule has 0 saturated heterocycles. The van der Waals surface area contributed by atoms with Crippen LogP contribution in [0.1, 0.15) is 41.6 Å². The summed E-state index contributed by atoms with van der Waals surface area (Å²) in [5.74, 6) is -0.198. The molecule has 0 fully saturated rings. The molecular formula is C15H17NO3. The second-order valence-electron chi connectivity index (χ2n) is 4.96. The fourth-order valence-electron chi connectivity index (χ4n) is 2.95. The van der Waals surface area contributed by atoms with Gasteiger partial charge in [0.2, 0.25) is 0 Å². The predicted molar refractivity (Wildman–Crippen MR) is 73.1 cm³/mol. The van der Waals surface area contributed by atoms with Crippen molar-refractivity contribution in [2.24, 2.45) is 0 Å². The summed E-state index contributed by atoms with van der Waals surface area (Å²) in [5.41, 5.74) is 2.33. The number of rotatable bonds is 3. The first-order valence-electron chi connectivity index (χ1n) is 6.68. The van der Waals surface area contributed by atoms with Crippen molar-refractivity contribution in [3.63, 3.8) is 0 Å². The van der Waals surface area contributed by atoms with E-state index in [0.29, 0.717) is 18.4 Å². The molecule has 3 rings (SSSR count). The van der Waals surface area contributed by atoms with E-state index in [0.717, 1.165) is 24.1 Å². The SMILES string of the molecule is CCOc1cc2c(cc1C(=O)O)C1C=CCCC1N2. The van der Waals surface area contributed by atoms with Gasteiger partial charge in [-0.3, -0.25) is 0 Å². The van der Waals surface area contributed by atoms with E-state index in [1.165, 1.54) is 0 Å². The van der Waals surface area contributed by atoms with Crippen molar-refractivity contribution in [1.29, 1.82) is 0 Å². The van der Waals surface area contributed by atoms with Crippen LogP contribution in [0, 0.1) is 0 Å². The van der Waals surface area contributed by atoms with Crippen molar-refractivity contribution >= 4 is 11.7 Å². The van der Waals surface area contributed by atoms with Gasteiger partial charge in [0.25, 0.3) is 0 Å². The summed E-state index contributed by atoms with van der Waals surface area (Å²) in [7, 11) is 0. The van der Waals surface area contributed by atoms with Gasteiger partial charge in [-0.05, 0) is 31.4 Å². The molecule has 2 unspecified atom stereocenters. The summed E-state index contributed by atoms with van der Waals surface area (Å²) in [6.07, 6.45) is 6.52. The van der Waals surface area contributed by atoms with Gasteiger partial charge in [-0.15, -0.1) is 0 Å². The molecule has 1 aromatic rings. The summed E-state index contributed by atoms with van der Waals surface area (Å²) < 4.78 is 5.44. The second-order valence-corrected chi connectivity index (χ2v) is 4.96. The Morgan fingerprint density at radius 2 is 2.37 bits per heavy atom. The van der Waals surface area contributed by atoms with Crippen LogP contribution in [0.2, 0.25) is 0 Å². The van der Waals surface area contributed by atoms with E-state index < -0.39 is 5.97 Å². The van der Waals surface area contributed by atoms with Crippen LogP contribution in [-0.2, 0) is 0 Å². The van der Waals surface area contributed by atoms with Crippen molar-refractivity contribution < 1.29 is 14.6 Å². The number of hydrogen-bond acceptors (Lipinski definition) is 3. The number of anilines is 1. The number of benzene rings is 1. The second kappa shape index (κ2) is 4.61. The Labute approximate surface area is 112 Å². The number of carbonyl (C=O) groups is 1. The molecule has 0 spiro atoms. The van der Waals surface area contributed by atoms with Gasteiger partial charge in [-0.1, -0.05) is 12.2 Å². The molecule has 0 saturated carbocycles. The first kappa shape index (κ1) is 12.1. The quantitative estimate of drug-likeness (QED) is 0.819. The summed E-state index contributed by atoms with van der Waals surface area (Å²) in [6, 6.07) is 3.98. The van der Waals surface area contributed by atoms with E-state index in [2.05, 4.69) is 17.5 Å². The standard InChI is InChI=1S/C15H17NO3/c1-2-19-14-8-13-10(7-11(14)15(17)18)9-5-3-4-6-12(9)16-13/h3,5,7-9,12,16H,2,4,6H2,1H3,(H,17,18). The minimum atomic E-state index is -0.936. The molecule has 4 heteroatoms. The van der Waals surface area contributed by atoms with E-state index in [4.69, 9.17) is 4.74 Å². The van der Waals surface area contributed by atoms with Crippen molar-refractivity contribution in [1.82, 2.24) is 0 Å². The van der Waals surface area contributed by atoms with Gasteiger partial charge in [0, 0.05) is 23.7 Å². The summed E-state index contributed by atoms with van der Waals surface area (Å²) in [5, 5.41) is 12.8. The lowest BCUT2D eigenvalue weighted by molar-refractivity contribution is 0.0692. The minimum Gasteiger partial charge on any atom is -0.493 e. The number of aromatic carboxylic acids is 1. The van der Waals surface area contributed by atoms with Crippen molar-refractivity contribution in [2.75, 3.05) is 11.9 Å². The molecule has 0 aromatic heterocycles. The van der Waals surface area contributed by atoms with E-state index >= 15 is 0 Å². The van der Waals surface area contributed by atoms with E-state index in [1.807, 2.05) is 13.0 Å². The van der Waals surface area contributed by atoms with Crippen LogP contribution >= 0.6 is 0 Å². The van der Waals surface area contributed by atoms with Crippen LogP contribution in [0.25, 0.3) is 0 Å². The molecule has 100 valence electrons. The zero-order valence-corrected chi connectivity index (χ0v) is 10.8. The number of nitrogens with one attached hydrogen (secondary N) is 1. The van der Waals surface area contributed by atoms with Gasteiger partial charge in [0.05, 0.1) is 6.61 Å². The molecule has 2 N–H and O–H groups in total. The lowest BCUT2D eigenvalue weighted by Gasteiger charge is -2.20. The molecule has 4 nitrogen and oxygen atoms in total. The van der Waals surface area contributed by atoms with E-state index in [-0.39, 0.29) is 11.5 Å². The van der Waals surface area contributed by atoms with Crippen LogP contribution in [0.15, 0.2) is 24.3 Å². The molecule has 1 heterocycles. The maximum absolute atomic E-state index is 11.3. The third kappa shape index (κ3) is 1.97. The van der Waals surface area contributed by atoms with Gasteiger partial charge in [-0.2, -0.15) is 0 Å². The van der Waals surface area contributed by atoms with Gasteiger partial charge < -0.3 is 15.2 Å². The molecule has 1 aliphatic carbocycles. The van der Waals surface area contributed by atoms with Gasteiger partial charge in [-0.25, -0.2) is 4.79 Å². The largest absolute Gasteiger partial charge is 0.493 e. The maximum Gasteiger partial charge on any atom is 0.339 e. The summed E-state index contributed by atoms with van der Waals surface area (Å²) in [6.45, 7) is 2.32. The third-order valence-electron chi connectivity index (χ3n) is 3.80. The van der Waals surface area contributed by atoms with Gasteiger partial charge >= 0.3 is 5.97 Å². The summed E-state index contributed by atoms with van der Waals surface area (Å²) in [4.78, 5) is 11.3. The molecular weight excluding hydrogens is 242 g/mol. The topological polar surface area (TPSA) is 58.6 Å². The lowest BCUT2D eigenvalue weighted by atomic mass is 9.87. The van der Waals surface area contributed by atoms with Gasteiger partial charge in [0.15, 0.2) is 0 Å². The van der Waals surface area contributed by atoms with Crippen LogP contribution in [0.5, 0.6) is 5.75 Å². The highest BCUT2D eigenvalue weighted by molar-refractivity contribution is 5.92. The average Bonchev–Trinajstić information content (AvgIpc) is 2.75. The van der Waals surface area contributed by atoms with E-state index in [1.54, 1.807) is 6.07 Å². The third-order valence-corrected chi connectivity index (χ3v) is 3.80. The Morgan fingerprint density at radius 1 is 1.53 bits per heavy atom. The minimum absolute atomic E-state index is 0.252. The average molecular weight is 259 g/mol. The van der Waals surface area contributed by atoms with Crippen LogP contribution < -0.4 is 10.1 Å². The van der Waals surface area contributed by atoms with E-state index in [9.17, 15) is 9.90 Å². The number of carboxylic acids is 1. The zero-order valence-electron chi connectivity index (χ0n) is 10.8. The predicted octanol–water partition coefficient (Wildman–Crippen LogP) is 3.01. The van der Waals surface area contributed by atoms with Crippen LogP contribution in [0.3, 0.4) is 0 Å². The monoisotopic (exact) mass is 259 g/mol. The number of carboxylic acid groups (broad SMARTS) is 1. The van der Waals surface area contributed by atoms with Crippen molar-refractivity contribution in [3.05, 3.63) is 35.4 Å². The molecule has 1 aromatic carbocycles. The smallest absolute Gasteiger partial charge is 0.339 e. The Balaban J connectivity index is 2.07. The van der Waals surface area contributed by atoms with Gasteiger partial charge in [0.1, 0.15) is 11.3 Å². The number of hydrogen-bond donors (Lipinski definition) is 2. The van der Waals surface area contributed by atoms with Crippen LogP contribution in [-0.4, -0.2) is 23.7 Å². The first-order valence-corrected chi connectivity index (χ1v) is 6.68. The summed E-state index contributed by atoms with van der Waals surface area (Å²) >= 11 is 0. The molecule has 2 aliphatic rings. The van der Waals surface area contributed by atoms with Crippen molar-refractivity contribution in [2.45, 2.75) is 31.7 Å². The zero-order chi connectivity index (χ0) is 13.4. The number of allylic oxidation sites excluding steroid dienone is 1. The Hall–Kier alpha value is -1.97. The number of fused-ring (bicyclic) bond motifs is 3. The molecule has 0 radical (unpaired) electrons. The fourth-order valence-corrected chi connectivity index (χ4v) is 2.95. The fraction of sp³-hybridized carbons (Fsp3) is 0.400. The molecule has 0 bridgehead atoms. The highest BCUT2D eigenvalue weighted by Gasteiger charge is 2.33. The molecule has 19 heavy (non-hydrogen) atoms. The number of ether oxygens (including phenoxy) is 1. The lowest BCUT2D eigenvalue weighted by Crippen LogP contribution is -2.21.